The first-order valence-electron chi connectivity index (χ1n) is 11.1. The SMILES string of the molecule is CC[C@H]1CC[C@H](C=CC#Cc2ccc([C@H]3CC[C@H](CC)CC3)cc2)CC1. The third-order valence-electron chi connectivity index (χ3n) is 6.94. The molecule has 0 radical (unpaired) electrons. The molecule has 0 spiro atoms. The van der Waals surface area contributed by atoms with Crippen LogP contribution < -0.4 is 0 Å². The van der Waals surface area contributed by atoms with E-state index in [0.717, 1.165) is 29.2 Å². The van der Waals surface area contributed by atoms with Crippen molar-refractivity contribution in [2.75, 3.05) is 0 Å². The molecule has 3 rings (SSSR count). The zero-order valence-electron chi connectivity index (χ0n) is 16.8. The fraction of sp³-hybridized carbons (Fsp3) is 0.615. The van der Waals surface area contributed by atoms with Crippen LogP contribution in [0.1, 0.15) is 95.1 Å². The summed E-state index contributed by atoms with van der Waals surface area (Å²) in [5, 5.41) is 0. The van der Waals surface area contributed by atoms with Crippen LogP contribution in [0.4, 0.5) is 0 Å². The molecule has 1 aromatic rings. The lowest BCUT2D eigenvalue weighted by atomic mass is 9.78. The van der Waals surface area contributed by atoms with Crippen molar-refractivity contribution in [2.24, 2.45) is 17.8 Å². The Morgan fingerprint density at radius 2 is 1.38 bits per heavy atom. The predicted octanol–water partition coefficient (Wildman–Crippen LogP) is 7.49. The molecular weight excluding hydrogens is 312 g/mol. The number of allylic oxidation sites excluding steroid dienone is 2. The van der Waals surface area contributed by atoms with E-state index in [1.165, 1.54) is 69.8 Å². The largest absolute Gasteiger partial charge is 0.0730 e. The van der Waals surface area contributed by atoms with Gasteiger partial charge >= 0.3 is 0 Å². The Labute approximate surface area is 161 Å². The summed E-state index contributed by atoms with van der Waals surface area (Å²) in [5.41, 5.74) is 2.67. The fourth-order valence-electron chi connectivity index (χ4n) is 4.84. The molecule has 2 fully saturated rings. The fourth-order valence-corrected chi connectivity index (χ4v) is 4.84. The molecule has 2 aliphatic carbocycles. The molecule has 0 N–H and O–H groups in total. The second-order valence-electron chi connectivity index (χ2n) is 8.57. The Bertz CT molecular complexity index is 608. The van der Waals surface area contributed by atoms with Gasteiger partial charge in [-0.25, -0.2) is 0 Å². The highest BCUT2D eigenvalue weighted by atomic mass is 14.3. The summed E-state index contributed by atoms with van der Waals surface area (Å²) in [7, 11) is 0. The van der Waals surface area contributed by atoms with E-state index in [-0.39, 0.29) is 0 Å². The molecule has 1 aromatic carbocycles. The van der Waals surface area contributed by atoms with Gasteiger partial charge in [0.05, 0.1) is 0 Å². The molecule has 0 aliphatic heterocycles. The minimum absolute atomic E-state index is 0.757. The summed E-state index contributed by atoms with van der Waals surface area (Å²) >= 11 is 0. The van der Waals surface area contributed by atoms with E-state index in [2.05, 4.69) is 62.1 Å². The van der Waals surface area contributed by atoms with Crippen LogP contribution in [0.15, 0.2) is 36.4 Å². The molecule has 2 aliphatic rings. The summed E-state index contributed by atoms with van der Waals surface area (Å²) in [6, 6.07) is 9.07. The number of hydrogen-bond acceptors (Lipinski definition) is 0. The van der Waals surface area contributed by atoms with Gasteiger partial charge < -0.3 is 0 Å². The van der Waals surface area contributed by atoms with E-state index in [1.54, 1.807) is 0 Å². The van der Waals surface area contributed by atoms with Crippen LogP contribution >= 0.6 is 0 Å². The molecule has 0 atom stereocenters. The number of rotatable bonds is 4. The first-order valence-corrected chi connectivity index (χ1v) is 11.1. The quantitative estimate of drug-likeness (QED) is 0.494. The van der Waals surface area contributed by atoms with Crippen molar-refractivity contribution < 1.29 is 0 Å². The van der Waals surface area contributed by atoms with Crippen molar-refractivity contribution in [3.63, 3.8) is 0 Å². The molecule has 0 aromatic heterocycles. The summed E-state index contributed by atoms with van der Waals surface area (Å²) in [6.45, 7) is 4.66. The van der Waals surface area contributed by atoms with E-state index in [0.29, 0.717) is 0 Å². The van der Waals surface area contributed by atoms with Gasteiger partial charge in [0, 0.05) is 5.56 Å². The van der Waals surface area contributed by atoms with Crippen LogP contribution in [0.2, 0.25) is 0 Å². The van der Waals surface area contributed by atoms with Crippen LogP contribution in [-0.4, -0.2) is 0 Å². The lowest BCUT2D eigenvalue weighted by molar-refractivity contribution is 0.304. The van der Waals surface area contributed by atoms with Gasteiger partial charge in [-0.1, -0.05) is 56.7 Å². The maximum Gasteiger partial charge on any atom is 0.0249 e. The van der Waals surface area contributed by atoms with Crippen molar-refractivity contribution in [3.05, 3.63) is 47.5 Å². The molecule has 0 saturated heterocycles. The molecule has 0 nitrogen and oxygen atoms in total. The Hall–Kier alpha value is -1.48. The van der Waals surface area contributed by atoms with Crippen LogP contribution in [0.25, 0.3) is 0 Å². The number of benzene rings is 1. The van der Waals surface area contributed by atoms with Crippen molar-refractivity contribution in [3.8, 4) is 11.8 Å². The smallest absolute Gasteiger partial charge is 0.0249 e. The zero-order valence-corrected chi connectivity index (χ0v) is 16.8. The van der Waals surface area contributed by atoms with Gasteiger partial charge in [-0.3, -0.25) is 0 Å². The summed E-state index contributed by atoms with van der Waals surface area (Å²) in [5.74, 6) is 10.0. The molecule has 0 heteroatoms. The highest BCUT2D eigenvalue weighted by molar-refractivity contribution is 5.39. The van der Waals surface area contributed by atoms with E-state index in [1.807, 2.05) is 0 Å². The average Bonchev–Trinajstić information content (AvgIpc) is 2.72. The van der Waals surface area contributed by atoms with Gasteiger partial charge in [0.1, 0.15) is 0 Å². The van der Waals surface area contributed by atoms with Crippen molar-refractivity contribution in [1.82, 2.24) is 0 Å². The van der Waals surface area contributed by atoms with E-state index in [4.69, 9.17) is 0 Å². The highest BCUT2D eigenvalue weighted by Gasteiger charge is 2.21. The van der Waals surface area contributed by atoms with Gasteiger partial charge in [-0.15, -0.1) is 0 Å². The molecule has 0 heterocycles. The first-order chi connectivity index (χ1) is 12.8. The molecule has 2 saturated carbocycles. The number of hydrogen-bond donors (Lipinski definition) is 0. The molecule has 0 bridgehead atoms. The lowest BCUT2D eigenvalue weighted by Crippen LogP contribution is -2.12. The average molecular weight is 349 g/mol. The van der Waals surface area contributed by atoms with Gasteiger partial charge in [-0.05, 0) is 98.8 Å². The first kappa shape index (κ1) is 19.3. The predicted molar refractivity (Wildman–Crippen MR) is 113 cm³/mol. The Kier molecular flexibility index (Phi) is 7.43. The Balaban J connectivity index is 1.48. The molecular formula is C26H36. The van der Waals surface area contributed by atoms with Crippen molar-refractivity contribution in [1.29, 1.82) is 0 Å². The van der Waals surface area contributed by atoms with Crippen molar-refractivity contribution >= 4 is 0 Å². The standard InChI is InChI=1S/C26H36/c1-3-21-9-11-23(12-10-21)7-5-6-8-24-15-19-26(20-16-24)25-17-13-22(4-2)14-18-25/h5,7,15-16,19-23,25H,3-4,9-14,17-18H2,1-2H3/t21-,22-,23-,25-. The minimum atomic E-state index is 0.757. The van der Waals surface area contributed by atoms with Gasteiger partial charge in [0.15, 0.2) is 0 Å². The van der Waals surface area contributed by atoms with Crippen molar-refractivity contribution in [2.45, 2.75) is 84.0 Å². The Morgan fingerprint density at radius 1 is 0.808 bits per heavy atom. The maximum atomic E-state index is 3.31. The molecule has 0 amide bonds. The van der Waals surface area contributed by atoms with E-state index >= 15 is 0 Å². The molecule has 140 valence electrons. The topological polar surface area (TPSA) is 0 Å². The zero-order chi connectivity index (χ0) is 18.2. The normalized spacial score (nSPS) is 29.3. The Morgan fingerprint density at radius 3 is 1.96 bits per heavy atom. The van der Waals surface area contributed by atoms with E-state index in [9.17, 15) is 0 Å². The van der Waals surface area contributed by atoms with Crippen LogP contribution in [-0.2, 0) is 0 Å². The van der Waals surface area contributed by atoms with E-state index < -0.39 is 0 Å². The van der Waals surface area contributed by atoms with Crippen LogP contribution in [0.5, 0.6) is 0 Å². The monoisotopic (exact) mass is 348 g/mol. The third kappa shape index (κ3) is 5.51. The summed E-state index contributed by atoms with van der Waals surface area (Å²) in [4.78, 5) is 0. The third-order valence-corrected chi connectivity index (χ3v) is 6.94. The maximum absolute atomic E-state index is 3.31. The second kappa shape index (κ2) is 10.0. The van der Waals surface area contributed by atoms with Gasteiger partial charge in [0.2, 0.25) is 0 Å². The van der Waals surface area contributed by atoms with Crippen LogP contribution in [0.3, 0.4) is 0 Å². The van der Waals surface area contributed by atoms with Gasteiger partial charge in [0.25, 0.3) is 0 Å². The summed E-state index contributed by atoms with van der Waals surface area (Å²) in [6.07, 6.45) is 18.2. The minimum Gasteiger partial charge on any atom is -0.0730 e. The van der Waals surface area contributed by atoms with Gasteiger partial charge in [-0.2, -0.15) is 0 Å². The summed E-state index contributed by atoms with van der Waals surface area (Å²) < 4.78 is 0. The van der Waals surface area contributed by atoms with Crippen LogP contribution in [0, 0.1) is 29.6 Å². The lowest BCUT2D eigenvalue weighted by Gasteiger charge is -2.28. The highest BCUT2D eigenvalue weighted by Crippen LogP contribution is 2.36. The molecule has 26 heavy (non-hydrogen) atoms. The molecule has 0 unspecified atom stereocenters. The second-order valence-corrected chi connectivity index (χ2v) is 8.57.